The molecule has 2 heterocycles. The van der Waals surface area contributed by atoms with Crippen LogP contribution in [0.2, 0.25) is 0 Å². The number of halogens is 3. The first-order chi connectivity index (χ1) is 14.9. The average molecular weight is 447 g/mol. The normalized spacial score (nSPS) is 15.0. The van der Waals surface area contributed by atoms with Gasteiger partial charge in [-0.15, -0.1) is 11.3 Å². The summed E-state index contributed by atoms with van der Waals surface area (Å²) in [5.74, 6) is -0.482. The summed E-state index contributed by atoms with van der Waals surface area (Å²) in [6.07, 6.45) is -1.67. The van der Waals surface area contributed by atoms with Crippen LogP contribution in [0.5, 0.6) is 0 Å². The van der Waals surface area contributed by atoms with Crippen LogP contribution in [0.1, 0.15) is 16.1 Å². The Bertz CT molecular complexity index is 1070. The van der Waals surface area contributed by atoms with Crippen LogP contribution in [0.25, 0.3) is 16.3 Å². The van der Waals surface area contributed by atoms with Crippen LogP contribution in [-0.2, 0) is 22.3 Å². The Morgan fingerprint density at radius 2 is 1.97 bits per heavy atom. The summed E-state index contributed by atoms with van der Waals surface area (Å²) in [6, 6.07) is 11.8. The first-order valence-corrected chi connectivity index (χ1v) is 10.6. The van der Waals surface area contributed by atoms with Gasteiger partial charge in [0.2, 0.25) is 5.91 Å². The third kappa shape index (κ3) is 5.23. The number of alkyl halides is 3. The zero-order chi connectivity index (χ0) is 21.8. The summed E-state index contributed by atoms with van der Waals surface area (Å²) in [5.41, 5.74) is 0.613. The number of amides is 1. The monoisotopic (exact) mass is 447 g/mol. The van der Waals surface area contributed by atoms with E-state index >= 15 is 0 Å². The lowest BCUT2D eigenvalue weighted by atomic mass is 10.0. The molecule has 1 N–H and O–H groups in total. The van der Waals surface area contributed by atoms with E-state index in [0.29, 0.717) is 37.0 Å². The molecule has 3 aromatic rings. The van der Waals surface area contributed by atoms with Gasteiger partial charge in [-0.1, -0.05) is 18.2 Å². The topological polar surface area (TPSA) is 54.5 Å². The van der Waals surface area contributed by atoms with Gasteiger partial charge in [-0.25, -0.2) is 4.98 Å². The molecule has 2 aromatic carbocycles. The fourth-order valence-corrected chi connectivity index (χ4v) is 4.22. The average Bonchev–Trinajstić information content (AvgIpc) is 3.19. The summed E-state index contributed by atoms with van der Waals surface area (Å²) in [6.45, 7) is 1.84. The van der Waals surface area contributed by atoms with Crippen molar-refractivity contribution >= 4 is 39.2 Å². The second-order valence-corrected chi connectivity index (χ2v) is 8.07. The van der Waals surface area contributed by atoms with Crippen molar-refractivity contribution in [3.63, 3.8) is 0 Å². The number of anilines is 1. The molecule has 1 aliphatic heterocycles. The molecule has 31 heavy (non-hydrogen) atoms. The minimum Gasteiger partial charge on any atom is -0.378 e. The molecule has 1 aromatic heterocycles. The highest BCUT2D eigenvalue weighted by Crippen LogP contribution is 2.35. The number of nitrogens with zero attached hydrogens (tertiary/aromatic N) is 2. The van der Waals surface area contributed by atoms with E-state index in [0.717, 1.165) is 16.3 Å². The molecule has 0 aliphatic carbocycles. The number of aromatic nitrogens is 1. The highest BCUT2D eigenvalue weighted by Gasteiger charge is 2.34. The van der Waals surface area contributed by atoms with Gasteiger partial charge < -0.3 is 15.0 Å². The standard InChI is InChI=1S/C22H20F3N3O2S/c23-22(24,25)17-13-16(28-9-11-30-12-10-28)6-5-15(17)14-26-20(29)7-8-21-27-18-3-1-2-4-19(18)31-21/h1-8,13H,9-12,14H2,(H,26,29)/b8-7+. The molecule has 1 amide bonds. The number of benzene rings is 2. The first-order valence-electron chi connectivity index (χ1n) is 9.74. The molecule has 0 radical (unpaired) electrons. The van der Waals surface area contributed by atoms with Gasteiger partial charge in [0.15, 0.2) is 0 Å². The van der Waals surface area contributed by atoms with Crippen molar-refractivity contribution in [2.24, 2.45) is 0 Å². The molecule has 0 atom stereocenters. The quantitative estimate of drug-likeness (QED) is 0.586. The Hall–Kier alpha value is -2.91. The summed E-state index contributed by atoms with van der Waals surface area (Å²) in [7, 11) is 0. The molecule has 0 bridgehead atoms. The number of rotatable bonds is 5. The van der Waals surface area contributed by atoms with Crippen molar-refractivity contribution in [3.05, 3.63) is 64.7 Å². The fourth-order valence-electron chi connectivity index (χ4n) is 3.35. The number of thiazole rings is 1. The molecule has 4 rings (SSSR count). The molecule has 9 heteroatoms. The van der Waals surface area contributed by atoms with Gasteiger partial charge in [-0.05, 0) is 35.9 Å². The largest absolute Gasteiger partial charge is 0.416 e. The molecule has 0 unspecified atom stereocenters. The van der Waals surface area contributed by atoms with Crippen LogP contribution in [0.3, 0.4) is 0 Å². The zero-order valence-corrected chi connectivity index (χ0v) is 17.3. The van der Waals surface area contributed by atoms with E-state index in [9.17, 15) is 18.0 Å². The molecule has 0 saturated carbocycles. The second-order valence-electron chi connectivity index (χ2n) is 7.01. The zero-order valence-electron chi connectivity index (χ0n) is 16.5. The van der Waals surface area contributed by atoms with E-state index in [1.54, 1.807) is 12.1 Å². The second kappa shape index (κ2) is 9.07. The van der Waals surface area contributed by atoms with Crippen LogP contribution < -0.4 is 10.2 Å². The lowest BCUT2D eigenvalue weighted by molar-refractivity contribution is -0.138. The summed E-state index contributed by atoms with van der Waals surface area (Å²) in [5, 5.41) is 3.19. The number of nitrogens with one attached hydrogen (secondary N) is 1. The lowest BCUT2D eigenvalue weighted by Crippen LogP contribution is -2.36. The van der Waals surface area contributed by atoms with Crippen molar-refractivity contribution in [1.29, 1.82) is 0 Å². The number of fused-ring (bicyclic) bond motifs is 1. The molecule has 162 valence electrons. The Kier molecular flexibility index (Phi) is 6.24. The highest BCUT2D eigenvalue weighted by molar-refractivity contribution is 7.19. The highest BCUT2D eigenvalue weighted by atomic mass is 32.1. The number of carbonyl (C=O) groups is 1. The van der Waals surface area contributed by atoms with Gasteiger partial charge in [0.1, 0.15) is 5.01 Å². The molecule has 1 fully saturated rings. The van der Waals surface area contributed by atoms with Gasteiger partial charge in [0, 0.05) is 31.4 Å². The van der Waals surface area contributed by atoms with Gasteiger partial charge in [-0.2, -0.15) is 13.2 Å². The summed E-state index contributed by atoms with van der Waals surface area (Å²) >= 11 is 1.43. The molecular formula is C22H20F3N3O2S. The maximum Gasteiger partial charge on any atom is 0.416 e. The number of morpholine rings is 1. The van der Waals surface area contributed by atoms with Crippen LogP contribution in [-0.4, -0.2) is 37.2 Å². The Morgan fingerprint density at radius 1 is 1.19 bits per heavy atom. The Labute approximate surface area is 181 Å². The van der Waals surface area contributed by atoms with Crippen LogP contribution in [0.15, 0.2) is 48.5 Å². The maximum atomic E-state index is 13.6. The van der Waals surface area contributed by atoms with Crippen LogP contribution >= 0.6 is 11.3 Å². The van der Waals surface area contributed by atoms with Crippen LogP contribution in [0, 0.1) is 0 Å². The lowest BCUT2D eigenvalue weighted by Gasteiger charge is -2.29. The van der Waals surface area contributed by atoms with E-state index in [4.69, 9.17) is 4.74 Å². The van der Waals surface area contributed by atoms with Gasteiger partial charge >= 0.3 is 6.18 Å². The number of para-hydroxylation sites is 1. The fraction of sp³-hybridized carbons (Fsp3) is 0.273. The van der Waals surface area contributed by atoms with E-state index in [-0.39, 0.29) is 12.1 Å². The van der Waals surface area contributed by atoms with Crippen molar-refractivity contribution in [2.75, 3.05) is 31.2 Å². The van der Waals surface area contributed by atoms with Gasteiger partial charge in [-0.3, -0.25) is 4.79 Å². The minimum absolute atomic E-state index is 0.0197. The van der Waals surface area contributed by atoms with Crippen molar-refractivity contribution < 1.29 is 22.7 Å². The SMILES string of the molecule is O=C(/C=C/c1nc2ccccc2s1)NCc1ccc(N2CCOCC2)cc1C(F)(F)F. The summed E-state index contributed by atoms with van der Waals surface area (Å²) in [4.78, 5) is 18.4. The molecule has 1 aliphatic rings. The third-order valence-electron chi connectivity index (χ3n) is 4.92. The molecule has 5 nitrogen and oxygen atoms in total. The minimum atomic E-state index is -4.51. The smallest absolute Gasteiger partial charge is 0.378 e. The van der Waals surface area contributed by atoms with Crippen LogP contribution in [0.4, 0.5) is 18.9 Å². The molecule has 1 saturated heterocycles. The maximum absolute atomic E-state index is 13.6. The van der Waals surface area contributed by atoms with Crippen molar-refractivity contribution in [2.45, 2.75) is 12.7 Å². The summed E-state index contributed by atoms with van der Waals surface area (Å²) < 4.78 is 47.1. The predicted molar refractivity (Wildman–Crippen MR) is 115 cm³/mol. The number of hydrogen-bond acceptors (Lipinski definition) is 5. The van der Waals surface area contributed by atoms with Gasteiger partial charge in [0.05, 0.1) is 29.0 Å². The number of carbonyl (C=O) groups excluding carboxylic acids is 1. The predicted octanol–water partition coefficient (Wildman–Crippen LogP) is 4.48. The van der Waals surface area contributed by atoms with E-state index in [1.807, 2.05) is 29.2 Å². The number of hydrogen-bond donors (Lipinski definition) is 1. The Morgan fingerprint density at radius 3 is 2.71 bits per heavy atom. The number of ether oxygens (including phenoxy) is 1. The van der Waals surface area contributed by atoms with Gasteiger partial charge in [0.25, 0.3) is 0 Å². The first kappa shape index (κ1) is 21.3. The van der Waals surface area contributed by atoms with E-state index in [1.165, 1.54) is 23.5 Å². The van der Waals surface area contributed by atoms with E-state index < -0.39 is 17.6 Å². The Balaban J connectivity index is 1.44. The molecule has 0 spiro atoms. The third-order valence-corrected chi connectivity index (χ3v) is 5.92. The van der Waals surface area contributed by atoms with Crippen molar-refractivity contribution in [1.82, 2.24) is 10.3 Å². The van der Waals surface area contributed by atoms with Crippen molar-refractivity contribution in [3.8, 4) is 0 Å². The molecular weight excluding hydrogens is 427 g/mol. The van der Waals surface area contributed by atoms with E-state index in [2.05, 4.69) is 10.3 Å².